The van der Waals surface area contributed by atoms with Crippen molar-refractivity contribution in [3.8, 4) is 0 Å². The fourth-order valence-corrected chi connectivity index (χ4v) is 3.30. The number of rotatable bonds is 4. The monoisotopic (exact) mass is 241 g/mol. The summed E-state index contributed by atoms with van der Waals surface area (Å²) in [5.74, 6) is 1.72. The normalized spacial score (nSPS) is 25.8. The summed E-state index contributed by atoms with van der Waals surface area (Å²) >= 11 is 0. The number of hydrogen-bond donors (Lipinski definition) is 1. The van der Waals surface area contributed by atoms with E-state index in [1.807, 2.05) is 17.9 Å². The topological polar surface area (TPSA) is 46.9 Å². The van der Waals surface area contributed by atoms with Crippen molar-refractivity contribution in [3.05, 3.63) is 18.0 Å². The number of aromatic nitrogens is 2. The maximum absolute atomic E-state index is 11.2. The zero-order valence-electron chi connectivity index (χ0n) is 9.69. The molecule has 1 aliphatic rings. The maximum Gasteiger partial charge on any atom is 0.0637 e. The molecule has 0 bridgehead atoms. The third-order valence-electron chi connectivity index (χ3n) is 2.97. The molecule has 2 heterocycles. The lowest BCUT2D eigenvalue weighted by atomic mass is 10.1. The summed E-state index contributed by atoms with van der Waals surface area (Å²) in [7, 11) is 1.38. The molecule has 0 unspecified atom stereocenters. The van der Waals surface area contributed by atoms with Gasteiger partial charge in [-0.25, -0.2) is 0 Å². The van der Waals surface area contributed by atoms with Gasteiger partial charge in [0.05, 0.1) is 5.69 Å². The summed E-state index contributed by atoms with van der Waals surface area (Å²) in [4.78, 5) is 0. The van der Waals surface area contributed by atoms with Gasteiger partial charge in [0.15, 0.2) is 0 Å². The van der Waals surface area contributed by atoms with Crippen LogP contribution in [0.2, 0.25) is 0 Å². The predicted molar refractivity (Wildman–Crippen MR) is 65.8 cm³/mol. The van der Waals surface area contributed by atoms with Crippen molar-refractivity contribution in [1.29, 1.82) is 0 Å². The SMILES string of the molecule is Cn1ccc(CCNC2CCS(=O)CC2)n1. The highest BCUT2D eigenvalue weighted by Gasteiger charge is 2.16. The first-order chi connectivity index (χ1) is 7.74. The summed E-state index contributed by atoms with van der Waals surface area (Å²) in [6.45, 7) is 0.967. The second-order valence-corrected chi connectivity index (χ2v) is 6.00. The van der Waals surface area contributed by atoms with Gasteiger partial charge >= 0.3 is 0 Å². The molecule has 90 valence electrons. The minimum Gasteiger partial charge on any atom is -0.314 e. The van der Waals surface area contributed by atoms with Crippen molar-refractivity contribution in [2.45, 2.75) is 25.3 Å². The second-order valence-electron chi connectivity index (χ2n) is 4.31. The summed E-state index contributed by atoms with van der Waals surface area (Å²) in [5, 5.41) is 7.85. The zero-order valence-corrected chi connectivity index (χ0v) is 10.5. The van der Waals surface area contributed by atoms with Gasteiger partial charge in [0, 0.05) is 54.6 Å². The molecule has 0 spiro atoms. The van der Waals surface area contributed by atoms with Crippen molar-refractivity contribution in [1.82, 2.24) is 15.1 Å². The van der Waals surface area contributed by atoms with Gasteiger partial charge in [0.25, 0.3) is 0 Å². The van der Waals surface area contributed by atoms with E-state index in [1.54, 1.807) is 0 Å². The summed E-state index contributed by atoms with van der Waals surface area (Å²) in [6.07, 6.45) is 5.04. The Morgan fingerprint density at radius 2 is 2.31 bits per heavy atom. The first-order valence-electron chi connectivity index (χ1n) is 5.81. The van der Waals surface area contributed by atoms with E-state index in [1.165, 1.54) is 0 Å². The quantitative estimate of drug-likeness (QED) is 0.833. The third kappa shape index (κ3) is 3.42. The van der Waals surface area contributed by atoms with E-state index in [9.17, 15) is 4.21 Å². The van der Waals surface area contributed by atoms with Gasteiger partial charge in [-0.1, -0.05) is 0 Å². The molecule has 4 nitrogen and oxygen atoms in total. The fourth-order valence-electron chi connectivity index (χ4n) is 2.00. The van der Waals surface area contributed by atoms with Gasteiger partial charge in [-0.3, -0.25) is 8.89 Å². The van der Waals surface area contributed by atoms with Crippen LogP contribution in [0.15, 0.2) is 12.3 Å². The number of nitrogens with zero attached hydrogens (tertiary/aromatic N) is 2. The van der Waals surface area contributed by atoms with E-state index in [2.05, 4.69) is 16.5 Å². The Morgan fingerprint density at radius 3 is 2.94 bits per heavy atom. The van der Waals surface area contributed by atoms with Gasteiger partial charge in [-0.15, -0.1) is 0 Å². The number of aryl methyl sites for hydroxylation is 1. The molecule has 0 radical (unpaired) electrons. The van der Waals surface area contributed by atoms with E-state index >= 15 is 0 Å². The highest BCUT2D eigenvalue weighted by Crippen LogP contribution is 2.08. The van der Waals surface area contributed by atoms with Crippen molar-refractivity contribution >= 4 is 10.8 Å². The summed E-state index contributed by atoms with van der Waals surface area (Å²) in [5.41, 5.74) is 1.13. The van der Waals surface area contributed by atoms with Gasteiger partial charge < -0.3 is 5.32 Å². The Bertz CT molecular complexity index is 354. The lowest BCUT2D eigenvalue weighted by Gasteiger charge is -2.22. The maximum atomic E-state index is 11.2. The van der Waals surface area contributed by atoms with E-state index in [-0.39, 0.29) is 0 Å². The Balaban J connectivity index is 1.66. The molecule has 1 aliphatic heterocycles. The first kappa shape index (κ1) is 11.8. The Labute approximate surface area is 98.9 Å². The van der Waals surface area contributed by atoms with Gasteiger partial charge in [-0.05, 0) is 18.9 Å². The summed E-state index contributed by atoms with van der Waals surface area (Å²) in [6, 6.07) is 2.61. The largest absolute Gasteiger partial charge is 0.314 e. The average Bonchev–Trinajstić information content (AvgIpc) is 2.67. The number of nitrogens with one attached hydrogen (secondary N) is 1. The zero-order chi connectivity index (χ0) is 11.4. The molecule has 0 atom stereocenters. The van der Waals surface area contributed by atoms with Crippen LogP contribution in [-0.2, 0) is 24.3 Å². The minimum atomic E-state index is -0.555. The van der Waals surface area contributed by atoms with E-state index in [0.29, 0.717) is 6.04 Å². The van der Waals surface area contributed by atoms with Crippen LogP contribution >= 0.6 is 0 Å². The van der Waals surface area contributed by atoms with Crippen LogP contribution in [0.25, 0.3) is 0 Å². The van der Waals surface area contributed by atoms with Crippen LogP contribution < -0.4 is 5.32 Å². The molecule has 0 aromatic carbocycles. The summed E-state index contributed by atoms with van der Waals surface area (Å²) < 4.78 is 13.0. The minimum absolute atomic E-state index is 0.555. The molecule has 0 saturated carbocycles. The van der Waals surface area contributed by atoms with Crippen LogP contribution in [-0.4, -0.2) is 38.1 Å². The van der Waals surface area contributed by atoms with Gasteiger partial charge in [0.1, 0.15) is 0 Å². The molecule has 1 aromatic heterocycles. The number of hydrogen-bond acceptors (Lipinski definition) is 3. The molecular formula is C11H19N3OS. The molecule has 2 rings (SSSR count). The standard InChI is InChI=1S/C11H19N3OS/c1-14-7-3-11(13-14)2-6-12-10-4-8-16(15)9-5-10/h3,7,10,12H,2,4-6,8-9H2,1H3. The molecule has 1 saturated heterocycles. The van der Waals surface area contributed by atoms with E-state index in [0.717, 1.165) is 43.0 Å². The highest BCUT2D eigenvalue weighted by molar-refractivity contribution is 7.85. The third-order valence-corrected chi connectivity index (χ3v) is 4.35. The molecule has 1 fully saturated rings. The lowest BCUT2D eigenvalue weighted by Crippen LogP contribution is -2.36. The van der Waals surface area contributed by atoms with Crippen LogP contribution in [0.3, 0.4) is 0 Å². The van der Waals surface area contributed by atoms with Crippen LogP contribution in [0, 0.1) is 0 Å². The van der Waals surface area contributed by atoms with E-state index in [4.69, 9.17) is 0 Å². The molecule has 16 heavy (non-hydrogen) atoms. The predicted octanol–water partition coefficient (Wildman–Crippen LogP) is 0.463. The van der Waals surface area contributed by atoms with Crippen molar-refractivity contribution < 1.29 is 4.21 Å². The smallest absolute Gasteiger partial charge is 0.0637 e. The molecule has 1 N–H and O–H groups in total. The van der Waals surface area contributed by atoms with Crippen LogP contribution in [0.4, 0.5) is 0 Å². The highest BCUT2D eigenvalue weighted by atomic mass is 32.2. The fraction of sp³-hybridized carbons (Fsp3) is 0.727. The Kier molecular flexibility index (Phi) is 4.12. The van der Waals surface area contributed by atoms with Crippen LogP contribution in [0.5, 0.6) is 0 Å². The lowest BCUT2D eigenvalue weighted by molar-refractivity contribution is 0.477. The van der Waals surface area contributed by atoms with Crippen molar-refractivity contribution in [2.24, 2.45) is 7.05 Å². The second kappa shape index (κ2) is 5.59. The Morgan fingerprint density at radius 1 is 1.56 bits per heavy atom. The Hall–Kier alpha value is -0.680. The molecular weight excluding hydrogens is 222 g/mol. The van der Waals surface area contributed by atoms with Crippen molar-refractivity contribution in [3.63, 3.8) is 0 Å². The van der Waals surface area contributed by atoms with Gasteiger partial charge in [0.2, 0.25) is 0 Å². The molecule has 5 heteroatoms. The molecule has 0 amide bonds. The van der Waals surface area contributed by atoms with Crippen LogP contribution in [0.1, 0.15) is 18.5 Å². The average molecular weight is 241 g/mol. The van der Waals surface area contributed by atoms with Crippen molar-refractivity contribution in [2.75, 3.05) is 18.1 Å². The first-order valence-corrected chi connectivity index (χ1v) is 7.30. The van der Waals surface area contributed by atoms with Gasteiger partial charge in [-0.2, -0.15) is 5.10 Å². The van der Waals surface area contributed by atoms with E-state index < -0.39 is 10.8 Å². The molecule has 1 aromatic rings. The molecule has 0 aliphatic carbocycles.